The predicted octanol–water partition coefficient (Wildman–Crippen LogP) is 2.00. The quantitative estimate of drug-likeness (QED) is 0.761. The molecule has 0 aromatic rings. The van der Waals surface area contributed by atoms with Crippen LogP contribution in [-0.2, 0) is 0 Å². The first-order valence-electron chi connectivity index (χ1n) is 4.94. The molecule has 0 amide bonds. The first kappa shape index (κ1) is 11.6. The van der Waals surface area contributed by atoms with E-state index in [0.717, 1.165) is 19.2 Å². The molecule has 14 heavy (non-hydrogen) atoms. The second-order valence-corrected chi connectivity index (χ2v) is 4.06. The molecule has 0 radical (unpaired) electrons. The van der Waals surface area contributed by atoms with Crippen LogP contribution in [0.4, 0.5) is 8.78 Å². The summed E-state index contributed by atoms with van der Waals surface area (Å²) < 4.78 is 23.5. The van der Waals surface area contributed by atoms with Crippen molar-refractivity contribution in [1.82, 2.24) is 4.90 Å². The Morgan fingerprint density at radius 3 is 2.50 bits per heavy atom. The fraction of sp³-hybridized carbons (Fsp3) is 0.800. The van der Waals surface area contributed by atoms with Crippen molar-refractivity contribution in [1.29, 1.82) is 0 Å². The molecule has 0 saturated carbocycles. The van der Waals surface area contributed by atoms with Crippen LogP contribution in [0.25, 0.3) is 0 Å². The number of hydrogen-bond donors (Lipinski definition) is 1. The van der Waals surface area contributed by atoms with E-state index in [-0.39, 0.29) is 6.42 Å². The molecule has 1 aliphatic rings. The average molecular weight is 205 g/mol. The number of hydrogen-bond acceptors (Lipinski definition) is 2. The highest BCUT2D eigenvalue weighted by molar-refractivity contribution is 4.89. The van der Waals surface area contributed by atoms with Gasteiger partial charge < -0.3 is 10.0 Å². The summed E-state index contributed by atoms with van der Waals surface area (Å²) in [6.45, 7) is 1.69. The summed E-state index contributed by atoms with van der Waals surface area (Å²) in [6.07, 6.45) is 1.31. The molecular weight excluding hydrogens is 188 g/mol. The first-order valence-corrected chi connectivity index (χ1v) is 4.94. The monoisotopic (exact) mass is 205 g/mol. The molecule has 0 unspecified atom stereocenters. The van der Waals surface area contributed by atoms with Gasteiger partial charge in [0.1, 0.15) is 0 Å². The lowest BCUT2D eigenvalue weighted by atomic mass is 9.87. The topological polar surface area (TPSA) is 23.5 Å². The van der Waals surface area contributed by atoms with Gasteiger partial charge in [-0.3, -0.25) is 0 Å². The fourth-order valence-electron chi connectivity index (χ4n) is 1.73. The van der Waals surface area contributed by atoms with Crippen molar-refractivity contribution in [3.63, 3.8) is 0 Å². The Balaban J connectivity index is 2.32. The van der Waals surface area contributed by atoms with E-state index in [2.05, 4.69) is 4.90 Å². The van der Waals surface area contributed by atoms with Crippen LogP contribution in [-0.4, -0.2) is 35.7 Å². The van der Waals surface area contributed by atoms with Crippen LogP contribution in [0.15, 0.2) is 12.2 Å². The summed E-state index contributed by atoms with van der Waals surface area (Å²) >= 11 is 0. The molecule has 0 spiro atoms. The maximum absolute atomic E-state index is 11.7. The van der Waals surface area contributed by atoms with Crippen molar-refractivity contribution in [2.75, 3.05) is 20.1 Å². The average Bonchev–Trinajstić information content (AvgIpc) is 2.10. The number of nitrogens with zero attached hydrogens (tertiary/aromatic N) is 1. The molecule has 4 heteroatoms. The Kier molecular flexibility index (Phi) is 4.01. The van der Waals surface area contributed by atoms with E-state index in [1.807, 2.05) is 7.05 Å². The van der Waals surface area contributed by atoms with Crippen LogP contribution >= 0.6 is 0 Å². The van der Waals surface area contributed by atoms with Crippen LogP contribution in [0, 0.1) is 0 Å². The third-order valence-corrected chi connectivity index (χ3v) is 2.83. The normalized spacial score (nSPS) is 22.0. The predicted molar refractivity (Wildman–Crippen MR) is 51.2 cm³/mol. The Hall–Kier alpha value is -0.480. The van der Waals surface area contributed by atoms with Crippen molar-refractivity contribution >= 4 is 0 Å². The molecule has 0 bridgehead atoms. The number of allylic oxidation sites excluding steroid dienone is 1. The number of piperidine rings is 1. The number of rotatable bonds is 3. The molecule has 0 atom stereocenters. The Morgan fingerprint density at radius 2 is 2.00 bits per heavy atom. The molecule has 82 valence electrons. The van der Waals surface area contributed by atoms with Gasteiger partial charge in [0.05, 0.1) is 5.60 Å². The summed E-state index contributed by atoms with van der Waals surface area (Å²) in [6, 6.07) is 0. The lowest BCUT2D eigenvalue weighted by molar-refractivity contribution is -0.0216. The van der Waals surface area contributed by atoms with E-state index in [4.69, 9.17) is 0 Å². The molecule has 1 saturated heterocycles. The zero-order valence-electron chi connectivity index (χ0n) is 8.47. The Bertz CT molecular complexity index is 206. The first-order chi connectivity index (χ1) is 6.52. The third-order valence-electron chi connectivity index (χ3n) is 2.83. The van der Waals surface area contributed by atoms with Crippen LogP contribution in [0.2, 0.25) is 0 Å². The van der Waals surface area contributed by atoms with Crippen molar-refractivity contribution in [2.24, 2.45) is 0 Å². The van der Waals surface area contributed by atoms with Gasteiger partial charge in [0.15, 0.2) is 0 Å². The number of halogens is 2. The Morgan fingerprint density at radius 1 is 1.43 bits per heavy atom. The molecule has 1 fully saturated rings. The van der Waals surface area contributed by atoms with Crippen molar-refractivity contribution in [3.8, 4) is 0 Å². The highest BCUT2D eigenvalue weighted by Crippen LogP contribution is 2.26. The molecule has 1 heterocycles. The van der Waals surface area contributed by atoms with E-state index in [1.54, 1.807) is 0 Å². The Labute approximate surface area is 83.2 Å². The lowest BCUT2D eigenvalue weighted by Gasteiger charge is -2.36. The number of aliphatic hydroxyl groups is 1. The smallest absolute Gasteiger partial charge is 0.266 e. The van der Waals surface area contributed by atoms with Gasteiger partial charge in [0.2, 0.25) is 0 Å². The van der Waals surface area contributed by atoms with E-state index in [9.17, 15) is 13.9 Å². The summed E-state index contributed by atoms with van der Waals surface area (Å²) in [5, 5.41) is 10.0. The van der Waals surface area contributed by atoms with Gasteiger partial charge in [0, 0.05) is 13.1 Å². The van der Waals surface area contributed by atoms with Crippen molar-refractivity contribution < 1.29 is 13.9 Å². The molecule has 2 nitrogen and oxygen atoms in total. The largest absolute Gasteiger partial charge is 0.390 e. The van der Waals surface area contributed by atoms with Crippen LogP contribution in [0.1, 0.15) is 25.7 Å². The van der Waals surface area contributed by atoms with E-state index < -0.39 is 11.7 Å². The molecule has 1 N–H and O–H groups in total. The summed E-state index contributed by atoms with van der Waals surface area (Å²) in [5.41, 5.74) is -0.724. The summed E-state index contributed by atoms with van der Waals surface area (Å²) in [5.74, 6) is 0. The molecule has 0 aliphatic carbocycles. The molecule has 1 aliphatic heterocycles. The third kappa shape index (κ3) is 3.72. The molecule has 1 rings (SSSR count). The second kappa shape index (κ2) is 4.84. The molecule has 0 aromatic heterocycles. The zero-order chi connectivity index (χ0) is 10.6. The lowest BCUT2D eigenvalue weighted by Crippen LogP contribution is -2.42. The van der Waals surface area contributed by atoms with E-state index >= 15 is 0 Å². The highest BCUT2D eigenvalue weighted by Gasteiger charge is 2.30. The van der Waals surface area contributed by atoms with Gasteiger partial charge in [0.25, 0.3) is 6.08 Å². The number of likely N-dealkylation sites (tertiary alicyclic amines) is 1. The van der Waals surface area contributed by atoms with E-state index in [0.29, 0.717) is 19.3 Å². The van der Waals surface area contributed by atoms with E-state index in [1.165, 1.54) is 0 Å². The minimum Gasteiger partial charge on any atom is -0.390 e. The van der Waals surface area contributed by atoms with Gasteiger partial charge in [-0.2, -0.15) is 8.78 Å². The van der Waals surface area contributed by atoms with Crippen LogP contribution < -0.4 is 0 Å². The standard InChI is InChI=1S/C10H17F2NO/c1-13-7-5-10(14,6-8-13)4-2-3-9(11)12/h3,14H,2,4-8H2,1H3. The summed E-state index contributed by atoms with van der Waals surface area (Å²) in [4.78, 5) is 2.14. The molecular formula is C10H17F2NO. The SMILES string of the molecule is CN1CCC(O)(CCC=C(F)F)CC1. The van der Waals surface area contributed by atoms with Gasteiger partial charge in [-0.1, -0.05) is 0 Å². The minimum atomic E-state index is -1.65. The van der Waals surface area contributed by atoms with Gasteiger partial charge in [-0.15, -0.1) is 0 Å². The van der Waals surface area contributed by atoms with Crippen molar-refractivity contribution in [3.05, 3.63) is 12.2 Å². The van der Waals surface area contributed by atoms with Gasteiger partial charge in [-0.25, -0.2) is 0 Å². The zero-order valence-corrected chi connectivity index (χ0v) is 8.47. The van der Waals surface area contributed by atoms with Crippen LogP contribution in [0.3, 0.4) is 0 Å². The fourth-order valence-corrected chi connectivity index (χ4v) is 1.73. The van der Waals surface area contributed by atoms with Gasteiger partial charge in [-0.05, 0) is 38.8 Å². The van der Waals surface area contributed by atoms with Crippen molar-refractivity contribution in [2.45, 2.75) is 31.3 Å². The minimum absolute atomic E-state index is 0.266. The highest BCUT2D eigenvalue weighted by atomic mass is 19.3. The maximum Gasteiger partial charge on any atom is 0.266 e. The second-order valence-electron chi connectivity index (χ2n) is 4.06. The van der Waals surface area contributed by atoms with Gasteiger partial charge >= 0.3 is 0 Å². The van der Waals surface area contributed by atoms with Crippen LogP contribution in [0.5, 0.6) is 0 Å². The molecule has 0 aromatic carbocycles. The maximum atomic E-state index is 11.7. The summed E-state index contributed by atoms with van der Waals surface area (Å²) in [7, 11) is 2.00.